The van der Waals surface area contributed by atoms with Gasteiger partial charge in [0.25, 0.3) is 0 Å². The average molecular weight is 438 g/mol. The van der Waals surface area contributed by atoms with Crippen molar-refractivity contribution in [2.45, 2.75) is 30.7 Å². The first-order chi connectivity index (χ1) is 15.1. The maximum atomic E-state index is 5.56. The Hall–Kier alpha value is -3.33. The summed E-state index contributed by atoms with van der Waals surface area (Å²) in [4.78, 5) is 4.45. The number of rotatable bonds is 8. The molecule has 0 amide bonds. The average Bonchev–Trinajstić information content (AvgIpc) is 3.46. The molecule has 0 fully saturated rings. The van der Waals surface area contributed by atoms with Crippen LogP contribution in [0.5, 0.6) is 11.5 Å². The van der Waals surface area contributed by atoms with Crippen molar-refractivity contribution < 1.29 is 14.0 Å². The number of benzene rings is 2. The van der Waals surface area contributed by atoms with Crippen molar-refractivity contribution in [3.63, 3.8) is 0 Å². The number of methoxy groups -OCH3 is 2. The van der Waals surface area contributed by atoms with E-state index in [2.05, 4.69) is 20.3 Å². The van der Waals surface area contributed by atoms with Crippen molar-refractivity contribution in [2.24, 2.45) is 0 Å². The zero-order chi connectivity index (χ0) is 21.8. The fourth-order valence-corrected chi connectivity index (χ4v) is 4.00. The molecule has 4 rings (SSSR count). The number of hydrogen-bond donors (Lipinski definition) is 0. The fraction of sp³-hybridized carbons (Fsp3) is 0.273. The van der Waals surface area contributed by atoms with Crippen LogP contribution in [0.3, 0.4) is 0 Å². The summed E-state index contributed by atoms with van der Waals surface area (Å²) in [6.07, 6.45) is 0.723. The molecule has 0 aliphatic heterocycles. The van der Waals surface area contributed by atoms with Gasteiger partial charge >= 0.3 is 0 Å². The predicted octanol–water partition coefficient (Wildman–Crippen LogP) is 4.75. The number of thioether (sulfide) groups is 1. The summed E-state index contributed by atoms with van der Waals surface area (Å²) in [5.74, 6) is 3.42. The summed E-state index contributed by atoms with van der Waals surface area (Å²) < 4.78 is 18.3. The molecule has 0 aliphatic rings. The minimum Gasteiger partial charge on any atom is -0.497 e. The Morgan fingerprint density at radius 3 is 2.48 bits per heavy atom. The number of ether oxygens (including phenoxy) is 2. The molecule has 31 heavy (non-hydrogen) atoms. The fourth-order valence-electron chi connectivity index (χ4n) is 3.10. The second-order valence-corrected chi connectivity index (χ2v) is 8.01. The first kappa shape index (κ1) is 20.9. The van der Waals surface area contributed by atoms with Gasteiger partial charge in [-0.05, 0) is 43.3 Å². The monoisotopic (exact) mass is 437 g/mol. The highest BCUT2D eigenvalue weighted by molar-refractivity contribution is 7.99. The van der Waals surface area contributed by atoms with Crippen LogP contribution in [-0.2, 0) is 6.42 Å². The molecule has 1 unspecified atom stereocenters. The molecular weight excluding hydrogens is 414 g/mol. The summed E-state index contributed by atoms with van der Waals surface area (Å²) in [6, 6.07) is 15.5. The molecule has 4 aromatic rings. The zero-order valence-corrected chi connectivity index (χ0v) is 18.6. The van der Waals surface area contributed by atoms with Crippen molar-refractivity contribution in [3.05, 3.63) is 60.2 Å². The molecule has 2 heterocycles. The molecule has 0 bridgehead atoms. The first-order valence-corrected chi connectivity index (χ1v) is 10.7. The van der Waals surface area contributed by atoms with E-state index < -0.39 is 0 Å². The summed E-state index contributed by atoms with van der Waals surface area (Å²) in [5, 5.41) is 13.6. The Kier molecular flexibility index (Phi) is 6.22. The molecule has 1 atom stereocenters. The molecule has 2 aromatic carbocycles. The lowest BCUT2D eigenvalue weighted by Gasteiger charge is -2.14. The van der Waals surface area contributed by atoms with Gasteiger partial charge in [0.2, 0.25) is 5.89 Å². The van der Waals surface area contributed by atoms with E-state index in [1.54, 1.807) is 14.2 Å². The minimum absolute atomic E-state index is 0.0977. The Labute approximate surface area is 184 Å². The van der Waals surface area contributed by atoms with Gasteiger partial charge in [-0.15, -0.1) is 10.2 Å². The molecule has 0 aliphatic carbocycles. The van der Waals surface area contributed by atoms with Crippen LogP contribution in [0.2, 0.25) is 0 Å². The van der Waals surface area contributed by atoms with Crippen LogP contribution < -0.4 is 9.47 Å². The third-order valence-electron chi connectivity index (χ3n) is 4.74. The highest BCUT2D eigenvalue weighted by Gasteiger charge is 2.23. The maximum absolute atomic E-state index is 5.56. The number of hydrogen-bond acceptors (Lipinski definition) is 8. The van der Waals surface area contributed by atoms with Gasteiger partial charge in [0.1, 0.15) is 11.5 Å². The third-order valence-corrected chi connectivity index (χ3v) is 5.77. The summed E-state index contributed by atoms with van der Waals surface area (Å²) in [6.45, 7) is 4.00. The van der Waals surface area contributed by atoms with Crippen LogP contribution in [0.15, 0.2) is 58.2 Å². The van der Waals surface area contributed by atoms with E-state index in [0.717, 1.165) is 29.2 Å². The van der Waals surface area contributed by atoms with Crippen LogP contribution in [0.25, 0.3) is 17.1 Å². The summed E-state index contributed by atoms with van der Waals surface area (Å²) >= 11 is 1.50. The molecule has 9 heteroatoms. The molecule has 2 aromatic heterocycles. The van der Waals surface area contributed by atoms with Gasteiger partial charge in [-0.2, -0.15) is 4.98 Å². The van der Waals surface area contributed by atoms with Gasteiger partial charge in [-0.3, -0.25) is 4.57 Å². The Balaban J connectivity index is 1.78. The lowest BCUT2D eigenvalue weighted by atomic mass is 10.2. The minimum atomic E-state index is -0.0977. The second-order valence-electron chi connectivity index (χ2n) is 6.70. The number of aryl methyl sites for hydroxylation is 1. The van der Waals surface area contributed by atoms with Gasteiger partial charge < -0.3 is 14.0 Å². The maximum Gasteiger partial charge on any atom is 0.239 e. The van der Waals surface area contributed by atoms with Crippen molar-refractivity contribution >= 4 is 11.8 Å². The quantitative estimate of drug-likeness (QED) is 0.365. The lowest BCUT2D eigenvalue weighted by molar-refractivity contribution is 0.375. The number of nitrogens with zero attached hydrogens (tertiary/aromatic N) is 5. The van der Waals surface area contributed by atoms with E-state index in [9.17, 15) is 0 Å². The van der Waals surface area contributed by atoms with Crippen LogP contribution in [0, 0.1) is 0 Å². The van der Waals surface area contributed by atoms with Crippen LogP contribution in [0.1, 0.15) is 30.8 Å². The first-order valence-electron chi connectivity index (χ1n) is 9.87. The van der Waals surface area contributed by atoms with Gasteiger partial charge in [-0.25, -0.2) is 0 Å². The topological polar surface area (TPSA) is 88.1 Å². The van der Waals surface area contributed by atoms with Gasteiger partial charge in [-0.1, -0.05) is 36.0 Å². The Morgan fingerprint density at radius 1 is 1.03 bits per heavy atom. The molecule has 0 radical (unpaired) electrons. The summed E-state index contributed by atoms with van der Waals surface area (Å²) in [7, 11) is 3.29. The molecule has 0 saturated heterocycles. The Bertz CT molecular complexity index is 1160. The second kappa shape index (κ2) is 9.22. The van der Waals surface area contributed by atoms with Crippen molar-refractivity contribution in [1.29, 1.82) is 0 Å². The highest BCUT2D eigenvalue weighted by Crippen LogP contribution is 2.38. The van der Waals surface area contributed by atoms with Crippen LogP contribution in [-0.4, -0.2) is 39.1 Å². The highest BCUT2D eigenvalue weighted by atomic mass is 32.2. The largest absolute Gasteiger partial charge is 0.497 e. The molecule has 0 N–H and O–H groups in total. The van der Waals surface area contributed by atoms with Crippen molar-refractivity contribution in [3.8, 4) is 28.6 Å². The zero-order valence-electron chi connectivity index (χ0n) is 17.8. The van der Waals surface area contributed by atoms with E-state index >= 15 is 0 Å². The molecule has 8 nitrogen and oxygen atoms in total. The standard InChI is InChI=1S/C22H23N5O3S/c1-5-19-23-21(30-26-19)14(2)31-22-25-24-20(17-8-6-7-9-18(17)29-4)27(22)15-10-12-16(28-3)13-11-15/h6-14H,5H2,1-4H3. The SMILES string of the molecule is CCc1noc(C(C)Sc2nnc(-c3ccccc3OC)n2-c2ccc(OC)cc2)n1. The lowest BCUT2D eigenvalue weighted by Crippen LogP contribution is -2.02. The van der Waals surface area contributed by atoms with Gasteiger partial charge in [0, 0.05) is 6.42 Å². The predicted molar refractivity (Wildman–Crippen MR) is 118 cm³/mol. The number of aromatic nitrogens is 5. The van der Waals surface area contributed by atoms with E-state index in [4.69, 9.17) is 14.0 Å². The Morgan fingerprint density at radius 2 is 1.81 bits per heavy atom. The third kappa shape index (κ3) is 4.27. The molecular formula is C22H23N5O3S. The molecule has 0 saturated carbocycles. The van der Waals surface area contributed by atoms with Crippen molar-refractivity contribution in [2.75, 3.05) is 14.2 Å². The smallest absolute Gasteiger partial charge is 0.239 e. The van der Waals surface area contributed by atoms with E-state index in [1.165, 1.54) is 11.8 Å². The molecule has 160 valence electrons. The summed E-state index contributed by atoms with van der Waals surface area (Å²) in [5.41, 5.74) is 1.75. The van der Waals surface area contributed by atoms with Gasteiger partial charge in [0.15, 0.2) is 16.8 Å². The van der Waals surface area contributed by atoms with E-state index in [-0.39, 0.29) is 5.25 Å². The number of para-hydroxylation sites is 1. The van der Waals surface area contributed by atoms with Crippen molar-refractivity contribution in [1.82, 2.24) is 24.9 Å². The van der Waals surface area contributed by atoms with E-state index in [1.807, 2.05) is 66.9 Å². The van der Waals surface area contributed by atoms with Crippen LogP contribution in [0.4, 0.5) is 0 Å². The van der Waals surface area contributed by atoms with Crippen LogP contribution >= 0.6 is 11.8 Å². The molecule has 0 spiro atoms. The van der Waals surface area contributed by atoms with Gasteiger partial charge in [0.05, 0.1) is 30.7 Å². The normalized spacial score (nSPS) is 12.0. The van der Waals surface area contributed by atoms with E-state index in [0.29, 0.717) is 22.7 Å².